The monoisotopic (exact) mass is 517 g/mol. The second-order valence-corrected chi connectivity index (χ2v) is 11.2. The van der Waals surface area contributed by atoms with Gasteiger partial charge in [-0.1, -0.05) is 11.6 Å². The van der Waals surface area contributed by atoms with Gasteiger partial charge in [0.05, 0.1) is 31.0 Å². The summed E-state index contributed by atoms with van der Waals surface area (Å²) in [4.78, 5) is 18.7. The summed E-state index contributed by atoms with van der Waals surface area (Å²) >= 11 is 6.32. The molecule has 3 aliphatic rings. The molecule has 7 nitrogen and oxygen atoms in total. The number of amides is 1. The zero-order valence-electron chi connectivity index (χ0n) is 20.6. The van der Waals surface area contributed by atoms with E-state index in [0.717, 1.165) is 55.0 Å². The number of benzene rings is 1. The fraction of sp³-hybridized carbons (Fsp3) is 0.538. The van der Waals surface area contributed by atoms with Crippen LogP contribution in [0.3, 0.4) is 0 Å². The van der Waals surface area contributed by atoms with Gasteiger partial charge >= 0.3 is 6.09 Å². The Hall–Kier alpha value is -2.81. The van der Waals surface area contributed by atoms with Gasteiger partial charge in [0.15, 0.2) is 5.82 Å². The Bertz CT molecular complexity index is 1210. The van der Waals surface area contributed by atoms with E-state index in [4.69, 9.17) is 16.3 Å². The highest BCUT2D eigenvalue weighted by Gasteiger charge is 2.37. The first-order valence-corrected chi connectivity index (χ1v) is 12.7. The van der Waals surface area contributed by atoms with Crippen molar-refractivity contribution < 1.29 is 18.3 Å². The molecule has 10 heteroatoms. The Morgan fingerprint density at radius 2 is 1.89 bits per heavy atom. The number of hydrogen-bond acceptors (Lipinski definition) is 5. The molecule has 0 radical (unpaired) electrons. The lowest BCUT2D eigenvalue weighted by molar-refractivity contribution is 0.0214. The molecular weight excluding hydrogens is 488 g/mol. The standard InChI is InChI=1S/C26H30ClF2N5O2/c1-26(2,3)36-25(35)33-13-17-10-18(27)8-9-21(17)34-22(14-33)31-32-24(34)16-6-4-15(5-7-16)23-20(29)11-19(28)12-30-23/h8-12,15-16,20,23H,4-7,13-14H2,1-3H3. The van der Waals surface area contributed by atoms with Gasteiger partial charge in [0, 0.05) is 10.9 Å². The van der Waals surface area contributed by atoms with Gasteiger partial charge in [-0.3, -0.25) is 14.5 Å². The predicted molar refractivity (Wildman–Crippen MR) is 133 cm³/mol. The molecule has 0 N–H and O–H groups in total. The van der Waals surface area contributed by atoms with E-state index in [2.05, 4.69) is 15.2 Å². The maximum absolute atomic E-state index is 14.4. The minimum atomic E-state index is -1.39. The van der Waals surface area contributed by atoms with Crippen molar-refractivity contribution in [3.05, 3.63) is 52.3 Å². The van der Waals surface area contributed by atoms with Crippen LogP contribution < -0.4 is 0 Å². The highest BCUT2D eigenvalue weighted by molar-refractivity contribution is 6.30. The van der Waals surface area contributed by atoms with E-state index in [1.54, 1.807) is 4.90 Å². The van der Waals surface area contributed by atoms with E-state index in [-0.39, 0.29) is 18.4 Å². The van der Waals surface area contributed by atoms with E-state index in [0.29, 0.717) is 17.4 Å². The molecule has 1 amide bonds. The molecule has 1 aromatic carbocycles. The molecule has 192 valence electrons. The molecule has 1 aliphatic carbocycles. The number of hydrogen-bond donors (Lipinski definition) is 0. The second-order valence-electron chi connectivity index (χ2n) is 10.8. The van der Waals surface area contributed by atoms with Crippen molar-refractivity contribution in [2.75, 3.05) is 0 Å². The van der Waals surface area contributed by atoms with E-state index in [9.17, 15) is 13.6 Å². The van der Waals surface area contributed by atoms with E-state index >= 15 is 0 Å². The van der Waals surface area contributed by atoms with Gasteiger partial charge in [0.2, 0.25) is 0 Å². The van der Waals surface area contributed by atoms with Crippen molar-refractivity contribution in [2.24, 2.45) is 10.9 Å². The topological polar surface area (TPSA) is 72.6 Å². The largest absolute Gasteiger partial charge is 0.444 e. The molecule has 1 saturated carbocycles. The van der Waals surface area contributed by atoms with Crippen LogP contribution in [0.15, 0.2) is 35.1 Å². The van der Waals surface area contributed by atoms with Crippen LogP contribution in [0.5, 0.6) is 0 Å². The number of nitrogens with zero attached hydrogens (tertiary/aromatic N) is 5. The van der Waals surface area contributed by atoms with Gasteiger partial charge in [0.25, 0.3) is 0 Å². The number of dihydropyridines is 1. The minimum absolute atomic E-state index is 0.0529. The molecule has 2 unspecified atom stereocenters. The first-order valence-electron chi connectivity index (χ1n) is 12.3. The second kappa shape index (κ2) is 9.57. The average molecular weight is 518 g/mol. The summed E-state index contributed by atoms with van der Waals surface area (Å²) in [6.07, 6.45) is 3.45. The molecule has 2 aromatic rings. The molecule has 1 fully saturated rings. The number of rotatable bonds is 2. The highest BCUT2D eigenvalue weighted by Crippen LogP contribution is 2.41. The summed E-state index contributed by atoms with van der Waals surface area (Å²) in [6.45, 7) is 6.09. The lowest BCUT2D eigenvalue weighted by Crippen LogP contribution is -2.35. The smallest absolute Gasteiger partial charge is 0.411 e. The Morgan fingerprint density at radius 3 is 2.58 bits per heavy atom. The number of alkyl halides is 1. The van der Waals surface area contributed by atoms with Crippen molar-refractivity contribution in [1.82, 2.24) is 19.7 Å². The fourth-order valence-corrected chi connectivity index (χ4v) is 5.57. The number of allylic oxidation sites excluding steroid dienone is 1. The molecular formula is C26H30ClF2N5O2. The van der Waals surface area contributed by atoms with Crippen LogP contribution in [0.4, 0.5) is 13.6 Å². The maximum Gasteiger partial charge on any atom is 0.411 e. The predicted octanol–water partition coefficient (Wildman–Crippen LogP) is 6.09. The van der Waals surface area contributed by atoms with Gasteiger partial charge in [-0.15, -0.1) is 10.2 Å². The van der Waals surface area contributed by atoms with Crippen molar-refractivity contribution in [2.45, 2.75) is 83.3 Å². The third kappa shape index (κ3) is 5.03. The normalized spacial score (nSPS) is 26.1. The zero-order chi connectivity index (χ0) is 25.6. The quantitative estimate of drug-likeness (QED) is 0.483. The summed E-state index contributed by atoms with van der Waals surface area (Å²) in [6, 6.07) is 5.08. The average Bonchev–Trinajstić information content (AvgIpc) is 3.14. The third-order valence-electron chi connectivity index (χ3n) is 7.02. The summed E-state index contributed by atoms with van der Waals surface area (Å²) in [7, 11) is 0. The minimum Gasteiger partial charge on any atom is -0.444 e. The van der Waals surface area contributed by atoms with E-state index in [1.165, 1.54) is 0 Å². The van der Waals surface area contributed by atoms with Gasteiger partial charge in [-0.05, 0) is 82.2 Å². The molecule has 2 aliphatic heterocycles. The number of carbonyl (C=O) groups is 1. The van der Waals surface area contributed by atoms with Gasteiger partial charge in [-0.25, -0.2) is 13.6 Å². The third-order valence-corrected chi connectivity index (χ3v) is 7.25. The number of carbonyl (C=O) groups excluding carboxylic acids is 1. The van der Waals surface area contributed by atoms with Gasteiger partial charge in [0.1, 0.15) is 23.4 Å². The lowest BCUT2D eigenvalue weighted by Gasteiger charge is -2.33. The number of ether oxygens (including phenoxy) is 1. The first kappa shape index (κ1) is 24.9. The molecule has 1 aromatic heterocycles. The van der Waals surface area contributed by atoms with Crippen LogP contribution in [0.25, 0.3) is 5.69 Å². The molecule has 0 bridgehead atoms. The molecule has 36 heavy (non-hydrogen) atoms. The summed E-state index contributed by atoms with van der Waals surface area (Å²) in [5, 5.41) is 9.60. The molecule has 0 saturated heterocycles. The van der Waals surface area contributed by atoms with Crippen LogP contribution in [0, 0.1) is 5.92 Å². The van der Waals surface area contributed by atoms with E-state index < -0.39 is 29.7 Å². The maximum atomic E-state index is 14.4. The van der Waals surface area contributed by atoms with Crippen LogP contribution in [0.1, 0.15) is 69.6 Å². The fourth-order valence-electron chi connectivity index (χ4n) is 5.38. The molecule has 2 atom stereocenters. The van der Waals surface area contributed by atoms with Gasteiger partial charge in [-0.2, -0.15) is 0 Å². The van der Waals surface area contributed by atoms with Crippen molar-refractivity contribution in [3.8, 4) is 5.69 Å². The lowest BCUT2D eigenvalue weighted by atomic mass is 9.76. The molecule has 0 spiro atoms. The van der Waals surface area contributed by atoms with Crippen molar-refractivity contribution in [3.63, 3.8) is 0 Å². The number of halogens is 3. The number of aromatic nitrogens is 3. The highest BCUT2D eigenvalue weighted by atomic mass is 35.5. The van der Waals surface area contributed by atoms with Crippen LogP contribution in [0.2, 0.25) is 5.02 Å². The molecule has 3 heterocycles. The first-order chi connectivity index (χ1) is 17.1. The van der Waals surface area contributed by atoms with Crippen LogP contribution in [-0.2, 0) is 17.8 Å². The summed E-state index contributed by atoms with van der Waals surface area (Å²) in [5.74, 6) is 1.04. The van der Waals surface area contributed by atoms with Crippen molar-refractivity contribution >= 4 is 23.9 Å². The number of aliphatic imine (C=N–C) groups is 1. The Kier molecular flexibility index (Phi) is 6.61. The van der Waals surface area contributed by atoms with Crippen molar-refractivity contribution in [1.29, 1.82) is 0 Å². The zero-order valence-corrected chi connectivity index (χ0v) is 21.4. The summed E-state index contributed by atoms with van der Waals surface area (Å²) in [5.41, 5.74) is 1.15. The Labute approximate surface area is 214 Å². The summed E-state index contributed by atoms with van der Waals surface area (Å²) < 4.78 is 35.4. The van der Waals surface area contributed by atoms with Gasteiger partial charge < -0.3 is 4.74 Å². The van der Waals surface area contributed by atoms with E-state index in [1.807, 2.05) is 43.5 Å². The number of fused-ring (bicyclic) bond motifs is 3. The Morgan fingerprint density at radius 1 is 1.14 bits per heavy atom. The van der Waals surface area contributed by atoms with Crippen LogP contribution >= 0.6 is 11.6 Å². The Balaban J connectivity index is 1.40. The molecule has 5 rings (SSSR count). The van der Waals surface area contributed by atoms with Crippen LogP contribution in [-0.4, -0.2) is 49.8 Å². The SMILES string of the molecule is CC(C)(C)OC(=O)N1Cc2cc(Cl)ccc2-n2c(nnc2C2CCC(C3N=CC(F)=CC3F)CC2)C1.